The molecule has 1 atom stereocenters. The minimum absolute atomic E-state index is 0.00632. The van der Waals surface area contributed by atoms with Gasteiger partial charge in [0, 0.05) is 28.6 Å². The summed E-state index contributed by atoms with van der Waals surface area (Å²) in [5, 5.41) is 1.49. The molecule has 0 spiro atoms. The van der Waals surface area contributed by atoms with Gasteiger partial charge in [-0.05, 0) is 43.0 Å². The molecule has 1 unspecified atom stereocenters. The summed E-state index contributed by atoms with van der Waals surface area (Å²) in [7, 11) is -3.13. The maximum Gasteiger partial charge on any atom is 0.227 e. The second-order valence-electron chi connectivity index (χ2n) is 7.99. The number of benzene rings is 2. The summed E-state index contributed by atoms with van der Waals surface area (Å²) in [5.74, 6) is -0.0250. The van der Waals surface area contributed by atoms with Gasteiger partial charge in [-0.2, -0.15) is 0 Å². The molecule has 2 heterocycles. The normalized spacial score (nSPS) is 18.0. The lowest BCUT2D eigenvalue weighted by atomic mass is 10.0. The van der Waals surface area contributed by atoms with Gasteiger partial charge in [-0.15, -0.1) is 0 Å². The number of halogens is 1. The van der Waals surface area contributed by atoms with Crippen LogP contribution in [0.2, 0.25) is 5.02 Å². The molecule has 2 aromatic carbocycles. The molecule has 1 amide bonds. The minimum atomic E-state index is -3.13. The molecule has 0 aliphatic carbocycles. The lowest BCUT2D eigenvalue weighted by Gasteiger charge is -2.29. The number of carbonyl (C=O) groups is 1. The van der Waals surface area contributed by atoms with E-state index in [0.29, 0.717) is 11.4 Å². The summed E-state index contributed by atoms with van der Waals surface area (Å²) < 4.78 is 29.9. The SMILES string of the molecule is Cc1ccc2c(CC(=O)N(Cc3ccccc3Cl)C3CCS(=O)(=O)C3)coc2c1C. The van der Waals surface area contributed by atoms with Crippen LogP contribution in [0.25, 0.3) is 11.0 Å². The molecule has 4 rings (SSSR count). The summed E-state index contributed by atoms with van der Waals surface area (Å²) >= 11 is 6.32. The molecule has 0 radical (unpaired) electrons. The van der Waals surface area contributed by atoms with Gasteiger partial charge in [-0.1, -0.05) is 41.9 Å². The standard InChI is InChI=1S/C23H24ClNO4S/c1-15-7-8-20-18(13-29-23(20)16(15)2)11-22(26)25(19-9-10-30(27,28)14-19)12-17-5-3-4-6-21(17)24/h3-8,13,19H,9-12,14H2,1-2H3. The Balaban J connectivity index is 1.64. The van der Waals surface area contributed by atoms with E-state index in [0.717, 1.165) is 33.2 Å². The number of hydrogen-bond donors (Lipinski definition) is 0. The molecule has 7 heteroatoms. The van der Waals surface area contributed by atoms with Crippen molar-refractivity contribution >= 4 is 38.3 Å². The van der Waals surface area contributed by atoms with Crippen molar-refractivity contribution in [1.82, 2.24) is 4.90 Å². The number of fused-ring (bicyclic) bond motifs is 1. The van der Waals surface area contributed by atoms with Crippen LogP contribution < -0.4 is 0 Å². The molecule has 1 aliphatic heterocycles. The van der Waals surface area contributed by atoms with Crippen LogP contribution in [-0.4, -0.2) is 36.8 Å². The number of carbonyl (C=O) groups excluding carboxylic acids is 1. The van der Waals surface area contributed by atoms with Gasteiger partial charge < -0.3 is 9.32 Å². The molecule has 0 saturated carbocycles. The monoisotopic (exact) mass is 445 g/mol. The van der Waals surface area contributed by atoms with Crippen LogP contribution in [0.1, 0.15) is 28.7 Å². The van der Waals surface area contributed by atoms with Crippen LogP contribution in [0.4, 0.5) is 0 Å². The maximum atomic E-state index is 13.4. The van der Waals surface area contributed by atoms with Crippen LogP contribution in [0.5, 0.6) is 0 Å². The zero-order valence-electron chi connectivity index (χ0n) is 17.0. The minimum Gasteiger partial charge on any atom is -0.464 e. The largest absolute Gasteiger partial charge is 0.464 e. The van der Waals surface area contributed by atoms with E-state index in [1.807, 2.05) is 44.2 Å². The number of aryl methyl sites for hydroxylation is 2. The lowest BCUT2D eigenvalue weighted by Crippen LogP contribution is -2.41. The quantitative estimate of drug-likeness (QED) is 0.581. The predicted molar refractivity (Wildman–Crippen MR) is 118 cm³/mol. The summed E-state index contributed by atoms with van der Waals surface area (Å²) in [5.41, 5.74) is 4.59. The fourth-order valence-corrected chi connectivity index (χ4v) is 5.97. The van der Waals surface area contributed by atoms with E-state index in [2.05, 4.69) is 0 Å². The average Bonchev–Trinajstić information content (AvgIpc) is 3.27. The van der Waals surface area contributed by atoms with Crippen molar-refractivity contribution in [3.63, 3.8) is 0 Å². The van der Waals surface area contributed by atoms with Gasteiger partial charge >= 0.3 is 0 Å². The molecule has 3 aromatic rings. The molecule has 0 N–H and O–H groups in total. The van der Waals surface area contributed by atoms with Crippen LogP contribution in [-0.2, 0) is 27.6 Å². The van der Waals surface area contributed by atoms with Gasteiger partial charge in [0.05, 0.1) is 24.2 Å². The third kappa shape index (κ3) is 4.12. The van der Waals surface area contributed by atoms with Gasteiger partial charge in [-0.3, -0.25) is 4.79 Å². The third-order valence-electron chi connectivity index (χ3n) is 5.95. The Morgan fingerprint density at radius 2 is 1.93 bits per heavy atom. The van der Waals surface area contributed by atoms with Crippen molar-refractivity contribution in [3.05, 3.63) is 69.9 Å². The van der Waals surface area contributed by atoms with Crippen molar-refractivity contribution in [1.29, 1.82) is 0 Å². The lowest BCUT2D eigenvalue weighted by molar-refractivity contribution is -0.133. The Kier molecular flexibility index (Phi) is 5.64. The van der Waals surface area contributed by atoms with Gasteiger partial charge in [0.15, 0.2) is 9.84 Å². The number of amides is 1. The second-order valence-corrected chi connectivity index (χ2v) is 10.6. The smallest absolute Gasteiger partial charge is 0.227 e. The molecule has 158 valence electrons. The van der Waals surface area contributed by atoms with E-state index in [1.165, 1.54) is 0 Å². The Morgan fingerprint density at radius 1 is 1.17 bits per heavy atom. The Labute approximate surface area is 181 Å². The molecular formula is C23H24ClNO4S. The van der Waals surface area contributed by atoms with Crippen LogP contribution in [0.15, 0.2) is 47.1 Å². The number of nitrogens with zero attached hydrogens (tertiary/aromatic N) is 1. The van der Waals surface area contributed by atoms with Crippen LogP contribution in [0, 0.1) is 13.8 Å². The third-order valence-corrected chi connectivity index (χ3v) is 8.07. The van der Waals surface area contributed by atoms with E-state index < -0.39 is 9.84 Å². The topological polar surface area (TPSA) is 67.6 Å². The number of hydrogen-bond acceptors (Lipinski definition) is 4. The van der Waals surface area contributed by atoms with Crippen molar-refractivity contribution in [2.75, 3.05) is 11.5 Å². The fourth-order valence-electron chi connectivity index (χ4n) is 4.04. The van der Waals surface area contributed by atoms with E-state index >= 15 is 0 Å². The Morgan fingerprint density at radius 3 is 2.63 bits per heavy atom. The first-order valence-electron chi connectivity index (χ1n) is 9.95. The molecule has 1 saturated heterocycles. The maximum absolute atomic E-state index is 13.4. The summed E-state index contributed by atoms with van der Waals surface area (Å²) in [6.07, 6.45) is 2.23. The first kappa shape index (κ1) is 20.9. The molecule has 0 bridgehead atoms. The van der Waals surface area contributed by atoms with Gasteiger partial charge in [0.1, 0.15) is 5.58 Å². The van der Waals surface area contributed by atoms with E-state index in [-0.39, 0.29) is 36.4 Å². The summed E-state index contributed by atoms with van der Waals surface area (Å²) in [6.45, 7) is 4.31. The van der Waals surface area contributed by atoms with E-state index in [4.69, 9.17) is 16.0 Å². The van der Waals surface area contributed by atoms with Crippen molar-refractivity contribution in [3.8, 4) is 0 Å². The summed E-state index contributed by atoms with van der Waals surface area (Å²) in [6, 6.07) is 11.0. The number of rotatable bonds is 5. The zero-order valence-corrected chi connectivity index (χ0v) is 18.6. The average molecular weight is 446 g/mol. The zero-order chi connectivity index (χ0) is 21.5. The van der Waals surface area contributed by atoms with Gasteiger partial charge in [0.25, 0.3) is 0 Å². The van der Waals surface area contributed by atoms with Crippen molar-refractivity contribution in [2.24, 2.45) is 0 Å². The molecular weight excluding hydrogens is 422 g/mol. The molecule has 5 nitrogen and oxygen atoms in total. The first-order valence-corrected chi connectivity index (χ1v) is 12.1. The van der Waals surface area contributed by atoms with Gasteiger partial charge in [0.2, 0.25) is 5.91 Å². The highest BCUT2D eigenvalue weighted by Gasteiger charge is 2.35. The Bertz CT molecular complexity index is 1220. The highest BCUT2D eigenvalue weighted by Crippen LogP contribution is 2.29. The molecule has 1 aromatic heterocycles. The van der Waals surface area contributed by atoms with Crippen molar-refractivity contribution < 1.29 is 17.6 Å². The highest BCUT2D eigenvalue weighted by atomic mass is 35.5. The predicted octanol–water partition coefficient (Wildman–Crippen LogP) is 4.46. The van der Waals surface area contributed by atoms with Crippen molar-refractivity contribution in [2.45, 2.75) is 39.3 Å². The first-order chi connectivity index (χ1) is 14.2. The highest BCUT2D eigenvalue weighted by molar-refractivity contribution is 7.91. The molecule has 30 heavy (non-hydrogen) atoms. The van der Waals surface area contributed by atoms with E-state index in [1.54, 1.807) is 17.2 Å². The summed E-state index contributed by atoms with van der Waals surface area (Å²) in [4.78, 5) is 15.0. The van der Waals surface area contributed by atoms with Crippen LogP contribution in [0.3, 0.4) is 0 Å². The molecule has 1 fully saturated rings. The number of sulfone groups is 1. The fraction of sp³-hybridized carbons (Fsp3) is 0.348. The van der Waals surface area contributed by atoms with E-state index in [9.17, 15) is 13.2 Å². The number of furan rings is 1. The second kappa shape index (κ2) is 8.08. The molecule has 1 aliphatic rings. The van der Waals surface area contributed by atoms with Gasteiger partial charge in [-0.25, -0.2) is 8.42 Å². The Hall–Kier alpha value is -2.31. The van der Waals surface area contributed by atoms with Crippen LogP contribution >= 0.6 is 11.6 Å².